The number of nitrogens with zero attached hydrogens (tertiary/aromatic N) is 1. The summed E-state index contributed by atoms with van der Waals surface area (Å²) in [5.41, 5.74) is 3.30. The van der Waals surface area contributed by atoms with Crippen molar-refractivity contribution in [1.82, 2.24) is 15.2 Å². The Morgan fingerprint density at radius 1 is 1.11 bits per heavy atom. The van der Waals surface area contributed by atoms with Gasteiger partial charge in [0, 0.05) is 46.9 Å². The molecule has 1 aromatic heterocycles. The Bertz CT molecular complexity index is 1270. The largest absolute Gasteiger partial charge is 0.489 e. The van der Waals surface area contributed by atoms with Crippen molar-refractivity contribution in [2.24, 2.45) is 5.92 Å². The third kappa shape index (κ3) is 5.48. The summed E-state index contributed by atoms with van der Waals surface area (Å²) in [6, 6.07) is 8.39. The maximum absolute atomic E-state index is 14.6. The lowest BCUT2D eigenvalue weighted by molar-refractivity contribution is 0.0421. The highest BCUT2D eigenvalue weighted by Crippen LogP contribution is 2.36. The van der Waals surface area contributed by atoms with Crippen molar-refractivity contribution in [3.8, 4) is 5.75 Å². The molecular weight excluding hydrogens is 496 g/mol. The fourth-order valence-electron chi connectivity index (χ4n) is 5.70. The number of halogens is 3. The number of carbonyl (C=O) groups excluding carboxylic acids is 1. The third-order valence-electron chi connectivity index (χ3n) is 8.17. The van der Waals surface area contributed by atoms with Gasteiger partial charge in [-0.25, -0.2) is 8.78 Å². The second kappa shape index (κ2) is 11.0. The normalized spacial score (nSPS) is 19.2. The molecule has 2 N–H and O–H groups in total. The van der Waals surface area contributed by atoms with Crippen LogP contribution in [0.2, 0.25) is 0 Å². The van der Waals surface area contributed by atoms with Gasteiger partial charge in [0.05, 0.1) is 0 Å². The van der Waals surface area contributed by atoms with Crippen LogP contribution in [0.15, 0.2) is 36.5 Å². The second-order valence-electron chi connectivity index (χ2n) is 10.7. The van der Waals surface area contributed by atoms with Gasteiger partial charge in [-0.2, -0.15) is 0 Å². The van der Waals surface area contributed by atoms with E-state index in [1.807, 2.05) is 6.20 Å². The van der Waals surface area contributed by atoms with Gasteiger partial charge in [0.1, 0.15) is 12.4 Å². The first kappa shape index (κ1) is 26.0. The number of rotatable bonds is 9. The van der Waals surface area contributed by atoms with Crippen LogP contribution in [-0.2, 0) is 12.8 Å². The molecule has 1 aliphatic heterocycles. The van der Waals surface area contributed by atoms with Gasteiger partial charge < -0.3 is 15.0 Å². The number of amides is 1. The highest BCUT2D eigenvalue weighted by molar-refractivity contribution is 5.96. The molecule has 2 saturated carbocycles. The molecule has 1 unspecified atom stereocenters. The first-order valence-electron chi connectivity index (χ1n) is 13.3. The molecule has 6 rings (SSSR count). The number of hydrogen-bond acceptors (Lipinski definition) is 3. The molecule has 0 saturated heterocycles. The summed E-state index contributed by atoms with van der Waals surface area (Å²) >= 11 is 0. The lowest BCUT2D eigenvalue weighted by atomic mass is 9.87. The number of ether oxygens (including phenoxy) is 1. The molecular formula is C29H34ClF2N3O2. The van der Waals surface area contributed by atoms with E-state index in [-0.39, 0.29) is 35.9 Å². The SMILES string of the molecule is Cl.O=C(NCC1CC1)c1ccc(F)c2c1CC(N(CCCc1c[nH]c3ccc(F)cc13)C1CCC1)CO2. The van der Waals surface area contributed by atoms with Gasteiger partial charge in [-0.1, -0.05) is 6.42 Å². The minimum atomic E-state index is -0.399. The van der Waals surface area contributed by atoms with Crippen molar-refractivity contribution in [1.29, 1.82) is 0 Å². The average Bonchev–Trinajstić information content (AvgIpc) is 3.60. The summed E-state index contributed by atoms with van der Waals surface area (Å²) in [7, 11) is 0. The number of H-pyrrole nitrogens is 1. The third-order valence-corrected chi connectivity index (χ3v) is 8.17. The smallest absolute Gasteiger partial charge is 0.251 e. The molecule has 8 heteroatoms. The van der Waals surface area contributed by atoms with E-state index in [4.69, 9.17) is 4.74 Å². The lowest BCUT2D eigenvalue weighted by Gasteiger charge is -2.44. The Hall–Kier alpha value is -2.64. The van der Waals surface area contributed by atoms with Crippen molar-refractivity contribution < 1.29 is 18.3 Å². The average molecular weight is 530 g/mol. The predicted octanol–water partition coefficient (Wildman–Crippen LogP) is 5.80. The first-order valence-corrected chi connectivity index (χ1v) is 13.3. The zero-order chi connectivity index (χ0) is 24.6. The summed E-state index contributed by atoms with van der Waals surface area (Å²) in [6.45, 7) is 1.99. The summed E-state index contributed by atoms with van der Waals surface area (Å²) in [5, 5.41) is 3.97. The molecule has 0 bridgehead atoms. The topological polar surface area (TPSA) is 57.4 Å². The van der Waals surface area contributed by atoms with Crippen molar-refractivity contribution in [2.45, 2.75) is 63.5 Å². The minimum absolute atomic E-state index is 0. The van der Waals surface area contributed by atoms with E-state index in [0.29, 0.717) is 42.7 Å². The van der Waals surface area contributed by atoms with Crippen LogP contribution in [0, 0.1) is 17.6 Å². The van der Waals surface area contributed by atoms with Crippen LogP contribution in [-0.4, -0.2) is 47.6 Å². The van der Waals surface area contributed by atoms with Crippen LogP contribution in [0.3, 0.4) is 0 Å². The highest BCUT2D eigenvalue weighted by Gasteiger charge is 2.35. The minimum Gasteiger partial charge on any atom is -0.489 e. The van der Waals surface area contributed by atoms with Gasteiger partial charge in [-0.3, -0.25) is 9.69 Å². The highest BCUT2D eigenvalue weighted by atomic mass is 35.5. The lowest BCUT2D eigenvalue weighted by Crippen LogP contribution is -2.52. The molecule has 2 aliphatic carbocycles. The van der Waals surface area contributed by atoms with Crippen LogP contribution in [0.5, 0.6) is 5.75 Å². The number of hydrogen-bond donors (Lipinski definition) is 2. The standard InChI is InChI=1S/C29H33F2N3O2.ClH/c30-20-8-11-27-24(13-20)19(16-32-27)3-2-12-34(21-4-1-5-21)22-14-25-23(29(35)33-15-18-6-7-18)9-10-26(31)28(25)36-17-22;/h8-11,13,16,18,21-22,32H,1-7,12,14-15,17H2,(H,33,35);1H. The Balaban J connectivity index is 0.00000280. The zero-order valence-corrected chi connectivity index (χ0v) is 21.7. The molecule has 37 heavy (non-hydrogen) atoms. The maximum atomic E-state index is 14.6. The second-order valence-corrected chi connectivity index (χ2v) is 10.7. The van der Waals surface area contributed by atoms with Crippen molar-refractivity contribution in [2.75, 3.05) is 19.7 Å². The monoisotopic (exact) mass is 529 g/mol. The molecule has 3 aliphatic rings. The molecule has 0 radical (unpaired) electrons. The number of aromatic amines is 1. The summed E-state index contributed by atoms with van der Waals surface area (Å²) in [4.78, 5) is 18.7. The van der Waals surface area contributed by atoms with Gasteiger partial charge in [0.15, 0.2) is 11.6 Å². The maximum Gasteiger partial charge on any atom is 0.251 e. The van der Waals surface area contributed by atoms with Crippen LogP contribution >= 0.6 is 12.4 Å². The van der Waals surface area contributed by atoms with E-state index in [2.05, 4.69) is 15.2 Å². The molecule has 2 fully saturated rings. The van der Waals surface area contributed by atoms with E-state index in [0.717, 1.165) is 61.5 Å². The van der Waals surface area contributed by atoms with Crippen molar-refractivity contribution >= 4 is 29.2 Å². The number of aromatic nitrogens is 1. The van der Waals surface area contributed by atoms with Gasteiger partial charge in [0.25, 0.3) is 5.91 Å². The Labute approximate surface area is 222 Å². The number of nitrogens with one attached hydrogen (secondary N) is 2. The number of fused-ring (bicyclic) bond motifs is 2. The molecule has 1 atom stereocenters. The van der Waals surface area contributed by atoms with Crippen LogP contribution in [0.4, 0.5) is 8.78 Å². The zero-order valence-electron chi connectivity index (χ0n) is 20.9. The molecule has 5 nitrogen and oxygen atoms in total. The van der Waals surface area contributed by atoms with Crippen molar-refractivity contribution in [3.63, 3.8) is 0 Å². The Morgan fingerprint density at radius 2 is 1.95 bits per heavy atom. The number of carbonyl (C=O) groups is 1. The van der Waals surface area contributed by atoms with E-state index < -0.39 is 5.82 Å². The fraction of sp³-hybridized carbons (Fsp3) is 0.483. The Morgan fingerprint density at radius 3 is 2.70 bits per heavy atom. The molecule has 2 heterocycles. The van der Waals surface area contributed by atoms with Crippen LogP contribution in [0.25, 0.3) is 10.9 Å². The molecule has 3 aromatic rings. The van der Waals surface area contributed by atoms with Crippen molar-refractivity contribution in [3.05, 3.63) is 64.9 Å². The number of aryl methyl sites for hydroxylation is 1. The van der Waals surface area contributed by atoms with Crippen LogP contribution in [0.1, 0.15) is 60.0 Å². The van der Waals surface area contributed by atoms with E-state index in [1.54, 1.807) is 18.2 Å². The Kier molecular flexibility index (Phi) is 7.72. The molecule has 2 aromatic carbocycles. The van der Waals surface area contributed by atoms with E-state index in [9.17, 15) is 13.6 Å². The quantitative estimate of drug-likeness (QED) is 0.368. The van der Waals surface area contributed by atoms with Gasteiger partial charge in [-0.05, 0) is 93.3 Å². The van der Waals surface area contributed by atoms with E-state index >= 15 is 0 Å². The van der Waals surface area contributed by atoms with Gasteiger partial charge >= 0.3 is 0 Å². The summed E-state index contributed by atoms with van der Waals surface area (Å²) < 4.78 is 34.4. The predicted molar refractivity (Wildman–Crippen MR) is 143 cm³/mol. The van der Waals surface area contributed by atoms with Crippen LogP contribution < -0.4 is 10.1 Å². The molecule has 198 valence electrons. The molecule has 1 amide bonds. The first-order chi connectivity index (χ1) is 17.6. The summed E-state index contributed by atoms with van der Waals surface area (Å²) in [5.74, 6) is 0.0615. The van der Waals surface area contributed by atoms with E-state index in [1.165, 1.54) is 18.6 Å². The summed E-state index contributed by atoms with van der Waals surface area (Å²) in [6.07, 6.45) is 10.2. The fourth-order valence-corrected chi connectivity index (χ4v) is 5.70. The van der Waals surface area contributed by atoms with Gasteiger partial charge in [-0.15, -0.1) is 12.4 Å². The molecule has 0 spiro atoms. The number of benzene rings is 2. The van der Waals surface area contributed by atoms with Gasteiger partial charge in [0.2, 0.25) is 0 Å².